The third-order valence-corrected chi connectivity index (χ3v) is 4.82. The number of amides is 2. The SMILES string of the molecule is COc1ccc(C)cc1NC(=O)CC1c2ccccc2CCN1C(C)=O. The lowest BCUT2D eigenvalue weighted by Crippen LogP contribution is -2.40. The van der Waals surface area contributed by atoms with E-state index in [1.807, 2.05) is 43.3 Å². The third-order valence-electron chi connectivity index (χ3n) is 4.82. The van der Waals surface area contributed by atoms with Gasteiger partial charge in [-0.05, 0) is 42.2 Å². The minimum atomic E-state index is -0.242. The molecule has 3 rings (SSSR count). The van der Waals surface area contributed by atoms with Crippen LogP contribution in [0.15, 0.2) is 42.5 Å². The van der Waals surface area contributed by atoms with Crippen LogP contribution in [0.2, 0.25) is 0 Å². The summed E-state index contributed by atoms with van der Waals surface area (Å²) in [5.74, 6) is 0.476. The summed E-state index contributed by atoms with van der Waals surface area (Å²) in [5, 5.41) is 2.94. The molecule has 1 unspecified atom stereocenters. The van der Waals surface area contributed by atoms with Gasteiger partial charge in [-0.3, -0.25) is 9.59 Å². The van der Waals surface area contributed by atoms with E-state index in [1.165, 1.54) is 5.56 Å². The van der Waals surface area contributed by atoms with Gasteiger partial charge in [-0.25, -0.2) is 0 Å². The number of aryl methyl sites for hydroxylation is 1. The molecule has 1 aliphatic rings. The lowest BCUT2D eigenvalue weighted by Gasteiger charge is -2.36. The minimum absolute atomic E-state index is 0.00885. The molecule has 136 valence electrons. The lowest BCUT2D eigenvalue weighted by molar-refractivity contribution is -0.132. The van der Waals surface area contributed by atoms with Crippen LogP contribution in [-0.2, 0) is 16.0 Å². The molecule has 26 heavy (non-hydrogen) atoms. The zero-order chi connectivity index (χ0) is 18.7. The van der Waals surface area contributed by atoms with Crippen molar-refractivity contribution in [3.05, 3.63) is 59.2 Å². The molecule has 0 radical (unpaired) electrons. The van der Waals surface area contributed by atoms with Crippen LogP contribution in [-0.4, -0.2) is 30.4 Å². The lowest BCUT2D eigenvalue weighted by atomic mass is 9.90. The topological polar surface area (TPSA) is 58.6 Å². The van der Waals surface area contributed by atoms with Crippen molar-refractivity contribution in [1.29, 1.82) is 0 Å². The molecule has 0 aliphatic carbocycles. The molecule has 0 saturated heterocycles. The first-order valence-corrected chi connectivity index (χ1v) is 8.79. The first-order valence-electron chi connectivity index (χ1n) is 8.79. The number of carbonyl (C=O) groups is 2. The molecule has 2 amide bonds. The Labute approximate surface area is 154 Å². The summed E-state index contributed by atoms with van der Waals surface area (Å²) < 4.78 is 5.33. The van der Waals surface area contributed by atoms with E-state index in [4.69, 9.17) is 4.74 Å². The fourth-order valence-electron chi connectivity index (χ4n) is 3.54. The molecule has 1 heterocycles. The molecular weight excluding hydrogens is 328 g/mol. The van der Waals surface area contributed by atoms with Crippen LogP contribution in [0.4, 0.5) is 5.69 Å². The van der Waals surface area contributed by atoms with Crippen molar-refractivity contribution < 1.29 is 14.3 Å². The van der Waals surface area contributed by atoms with Gasteiger partial charge in [-0.2, -0.15) is 0 Å². The van der Waals surface area contributed by atoms with Crippen molar-refractivity contribution in [2.75, 3.05) is 19.0 Å². The quantitative estimate of drug-likeness (QED) is 0.916. The Morgan fingerprint density at radius 2 is 2.00 bits per heavy atom. The van der Waals surface area contributed by atoms with Gasteiger partial charge in [-0.15, -0.1) is 0 Å². The summed E-state index contributed by atoms with van der Waals surface area (Å²) in [4.78, 5) is 26.6. The highest BCUT2D eigenvalue weighted by molar-refractivity contribution is 5.93. The largest absolute Gasteiger partial charge is 0.495 e. The Bertz CT molecular complexity index is 832. The van der Waals surface area contributed by atoms with Gasteiger partial charge in [0.1, 0.15) is 5.75 Å². The predicted octanol–water partition coefficient (Wildman–Crippen LogP) is 3.48. The van der Waals surface area contributed by atoms with Gasteiger partial charge in [-0.1, -0.05) is 30.3 Å². The fraction of sp³-hybridized carbons (Fsp3) is 0.333. The third kappa shape index (κ3) is 3.72. The first-order chi connectivity index (χ1) is 12.5. The average Bonchev–Trinajstić information content (AvgIpc) is 2.62. The Balaban J connectivity index is 1.83. The zero-order valence-electron chi connectivity index (χ0n) is 15.4. The second-order valence-electron chi connectivity index (χ2n) is 6.63. The second-order valence-corrected chi connectivity index (χ2v) is 6.63. The summed E-state index contributed by atoms with van der Waals surface area (Å²) in [5.41, 5.74) is 3.95. The number of hydrogen-bond acceptors (Lipinski definition) is 3. The van der Waals surface area contributed by atoms with Gasteiger partial charge in [0.25, 0.3) is 0 Å². The number of rotatable bonds is 4. The average molecular weight is 352 g/mol. The Morgan fingerprint density at radius 1 is 1.23 bits per heavy atom. The van der Waals surface area contributed by atoms with Gasteiger partial charge in [0.15, 0.2) is 0 Å². The highest BCUT2D eigenvalue weighted by Crippen LogP contribution is 2.33. The molecule has 2 aromatic carbocycles. The highest BCUT2D eigenvalue weighted by Gasteiger charge is 2.30. The molecule has 1 N–H and O–H groups in total. The monoisotopic (exact) mass is 352 g/mol. The van der Waals surface area contributed by atoms with Crippen LogP contribution in [0.3, 0.4) is 0 Å². The van der Waals surface area contributed by atoms with Crippen LogP contribution >= 0.6 is 0 Å². The van der Waals surface area contributed by atoms with Crippen molar-refractivity contribution in [2.24, 2.45) is 0 Å². The van der Waals surface area contributed by atoms with Crippen LogP contribution in [0.25, 0.3) is 0 Å². The number of anilines is 1. The molecule has 1 aliphatic heterocycles. The van der Waals surface area contributed by atoms with Crippen molar-refractivity contribution in [3.8, 4) is 5.75 Å². The molecule has 0 saturated carbocycles. The van der Waals surface area contributed by atoms with Gasteiger partial charge in [0.2, 0.25) is 11.8 Å². The van der Waals surface area contributed by atoms with Crippen molar-refractivity contribution >= 4 is 17.5 Å². The Hall–Kier alpha value is -2.82. The molecule has 0 spiro atoms. The van der Waals surface area contributed by atoms with Gasteiger partial charge in [0, 0.05) is 13.5 Å². The van der Waals surface area contributed by atoms with Crippen LogP contribution in [0.1, 0.15) is 36.1 Å². The summed E-state index contributed by atoms with van der Waals surface area (Å²) in [6.07, 6.45) is 1.03. The molecule has 2 aromatic rings. The molecular formula is C21H24N2O3. The highest BCUT2D eigenvalue weighted by atomic mass is 16.5. The molecule has 1 atom stereocenters. The summed E-state index contributed by atoms with van der Waals surface area (Å²) >= 11 is 0. The number of ether oxygens (including phenoxy) is 1. The van der Waals surface area contributed by atoms with E-state index in [0.29, 0.717) is 18.0 Å². The van der Waals surface area contributed by atoms with E-state index < -0.39 is 0 Å². The fourth-order valence-corrected chi connectivity index (χ4v) is 3.54. The number of nitrogens with one attached hydrogen (secondary N) is 1. The molecule has 5 nitrogen and oxygen atoms in total. The van der Waals surface area contributed by atoms with E-state index in [1.54, 1.807) is 18.9 Å². The van der Waals surface area contributed by atoms with E-state index in [9.17, 15) is 9.59 Å². The maximum absolute atomic E-state index is 12.7. The standard InChI is InChI=1S/C21H24N2O3/c1-14-8-9-20(26-3)18(12-14)22-21(25)13-19-17-7-5-4-6-16(17)10-11-23(19)15(2)24/h4-9,12,19H,10-11,13H2,1-3H3,(H,22,25). The number of carbonyl (C=O) groups excluding carboxylic acids is 2. The number of benzene rings is 2. The summed E-state index contributed by atoms with van der Waals surface area (Å²) in [7, 11) is 1.58. The molecule has 5 heteroatoms. The molecule has 0 fully saturated rings. The Kier molecular flexibility index (Phi) is 5.26. The van der Waals surface area contributed by atoms with Crippen LogP contribution < -0.4 is 10.1 Å². The normalized spacial score (nSPS) is 16.0. The van der Waals surface area contributed by atoms with Crippen molar-refractivity contribution in [2.45, 2.75) is 32.7 Å². The van der Waals surface area contributed by atoms with Crippen LogP contribution in [0, 0.1) is 6.92 Å². The Morgan fingerprint density at radius 3 is 2.73 bits per heavy atom. The predicted molar refractivity (Wildman–Crippen MR) is 101 cm³/mol. The maximum Gasteiger partial charge on any atom is 0.226 e. The first kappa shape index (κ1) is 18.0. The minimum Gasteiger partial charge on any atom is -0.495 e. The smallest absolute Gasteiger partial charge is 0.226 e. The second kappa shape index (κ2) is 7.60. The maximum atomic E-state index is 12.7. The van der Waals surface area contributed by atoms with E-state index >= 15 is 0 Å². The van der Waals surface area contributed by atoms with Crippen LogP contribution in [0.5, 0.6) is 5.75 Å². The summed E-state index contributed by atoms with van der Waals surface area (Å²) in [6, 6.07) is 13.4. The summed E-state index contributed by atoms with van der Waals surface area (Å²) in [6.45, 7) is 4.16. The van der Waals surface area contributed by atoms with Crippen molar-refractivity contribution in [1.82, 2.24) is 4.90 Å². The molecule has 0 bridgehead atoms. The number of nitrogens with zero attached hydrogens (tertiary/aromatic N) is 1. The van der Waals surface area contributed by atoms with Gasteiger partial charge >= 0.3 is 0 Å². The number of fused-ring (bicyclic) bond motifs is 1. The number of methoxy groups -OCH3 is 1. The van der Waals surface area contributed by atoms with E-state index in [0.717, 1.165) is 17.5 Å². The van der Waals surface area contributed by atoms with Gasteiger partial charge < -0.3 is 15.0 Å². The van der Waals surface area contributed by atoms with Crippen molar-refractivity contribution in [3.63, 3.8) is 0 Å². The van der Waals surface area contributed by atoms with Gasteiger partial charge in [0.05, 0.1) is 25.3 Å². The number of hydrogen-bond donors (Lipinski definition) is 1. The zero-order valence-corrected chi connectivity index (χ0v) is 15.4. The molecule has 0 aromatic heterocycles. The van der Waals surface area contributed by atoms with E-state index in [-0.39, 0.29) is 24.3 Å². The van der Waals surface area contributed by atoms with E-state index in [2.05, 4.69) is 11.4 Å².